The quantitative estimate of drug-likeness (QED) is 0.791. The SMILES string of the molecule is CN1CCO[C@H]2CCN(C(=O)c3cc[nH]c3)C[C@@H]21. The number of aromatic nitrogens is 1. The monoisotopic (exact) mass is 249 g/mol. The van der Waals surface area contributed by atoms with Crippen LogP contribution in [0.4, 0.5) is 0 Å². The second-order valence-electron chi connectivity index (χ2n) is 5.10. The van der Waals surface area contributed by atoms with Gasteiger partial charge in [-0.05, 0) is 19.5 Å². The third kappa shape index (κ3) is 2.04. The number of morpholine rings is 1. The number of H-pyrrole nitrogens is 1. The topological polar surface area (TPSA) is 48.6 Å². The number of hydrogen-bond donors (Lipinski definition) is 1. The minimum absolute atomic E-state index is 0.119. The molecule has 2 fully saturated rings. The van der Waals surface area contributed by atoms with E-state index in [-0.39, 0.29) is 5.91 Å². The predicted molar refractivity (Wildman–Crippen MR) is 67.5 cm³/mol. The highest BCUT2D eigenvalue weighted by atomic mass is 16.5. The number of ether oxygens (including phenoxy) is 1. The van der Waals surface area contributed by atoms with Gasteiger partial charge in [-0.2, -0.15) is 0 Å². The normalized spacial score (nSPS) is 29.1. The molecule has 0 bridgehead atoms. The highest BCUT2D eigenvalue weighted by Crippen LogP contribution is 2.22. The maximum Gasteiger partial charge on any atom is 0.255 e. The molecule has 0 aliphatic carbocycles. The van der Waals surface area contributed by atoms with Gasteiger partial charge in [0.15, 0.2) is 0 Å². The predicted octanol–water partition coefficient (Wildman–Crippen LogP) is 0.560. The molecule has 18 heavy (non-hydrogen) atoms. The maximum absolute atomic E-state index is 12.3. The number of piperidine rings is 1. The second kappa shape index (κ2) is 4.74. The van der Waals surface area contributed by atoms with Crippen molar-refractivity contribution in [2.24, 2.45) is 0 Å². The molecule has 1 amide bonds. The molecule has 5 nitrogen and oxygen atoms in total. The van der Waals surface area contributed by atoms with Crippen LogP contribution in [-0.4, -0.2) is 66.1 Å². The third-order valence-electron chi connectivity index (χ3n) is 3.99. The van der Waals surface area contributed by atoms with Crippen LogP contribution in [0.25, 0.3) is 0 Å². The first-order valence-corrected chi connectivity index (χ1v) is 6.49. The van der Waals surface area contributed by atoms with Crippen molar-refractivity contribution in [3.8, 4) is 0 Å². The fraction of sp³-hybridized carbons (Fsp3) is 0.615. The average Bonchev–Trinajstić information content (AvgIpc) is 2.92. The number of amides is 1. The van der Waals surface area contributed by atoms with Gasteiger partial charge in [-0.15, -0.1) is 0 Å². The van der Waals surface area contributed by atoms with Gasteiger partial charge in [0.25, 0.3) is 5.91 Å². The average molecular weight is 249 g/mol. The van der Waals surface area contributed by atoms with E-state index in [1.807, 2.05) is 11.0 Å². The van der Waals surface area contributed by atoms with E-state index in [4.69, 9.17) is 4.74 Å². The summed E-state index contributed by atoms with van der Waals surface area (Å²) in [4.78, 5) is 19.5. The first-order valence-electron chi connectivity index (χ1n) is 6.49. The zero-order valence-electron chi connectivity index (χ0n) is 10.6. The number of rotatable bonds is 1. The van der Waals surface area contributed by atoms with E-state index in [1.165, 1.54) is 0 Å². The molecule has 2 aliphatic rings. The van der Waals surface area contributed by atoms with E-state index >= 15 is 0 Å². The molecule has 3 heterocycles. The summed E-state index contributed by atoms with van der Waals surface area (Å²) in [6, 6.07) is 2.17. The number of hydrogen-bond acceptors (Lipinski definition) is 3. The first-order chi connectivity index (χ1) is 8.75. The van der Waals surface area contributed by atoms with Gasteiger partial charge in [0, 0.05) is 32.0 Å². The Hall–Kier alpha value is -1.33. The summed E-state index contributed by atoms with van der Waals surface area (Å²) in [6.07, 6.45) is 4.77. The number of likely N-dealkylation sites (tertiary alicyclic amines) is 1. The van der Waals surface area contributed by atoms with Crippen molar-refractivity contribution >= 4 is 5.91 Å². The highest BCUT2D eigenvalue weighted by molar-refractivity contribution is 5.94. The fourth-order valence-corrected chi connectivity index (χ4v) is 2.87. The van der Waals surface area contributed by atoms with Crippen LogP contribution in [0.1, 0.15) is 16.8 Å². The summed E-state index contributed by atoms with van der Waals surface area (Å²) in [7, 11) is 2.12. The van der Waals surface area contributed by atoms with E-state index in [9.17, 15) is 4.79 Å². The van der Waals surface area contributed by atoms with Gasteiger partial charge in [-0.1, -0.05) is 0 Å². The smallest absolute Gasteiger partial charge is 0.255 e. The lowest BCUT2D eigenvalue weighted by atomic mass is 9.99. The number of fused-ring (bicyclic) bond motifs is 1. The van der Waals surface area contributed by atoms with E-state index < -0.39 is 0 Å². The lowest BCUT2D eigenvalue weighted by molar-refractivity contribution is -0.0893. The van der Waals surface area contributed by atoms with Crippen molar-refractivity contribution in [1.82, 2.24) is 14.8 Å². The molecule has 3 rings (SSSR count). The third-order valence-corrected chi connectivity index (χ3v) is 3.99. The maximum atomic E-state index is 12.3. The number of carbonyl (C=O) groups is 1. The van der Waals surface area contributed by atoms with E-state index in [0.29, 0.717) is 12.1 Å². The number of carbonyl (C=O) groups excluding carboxylic acids is 1. The molecule has 0 spiro atoms. The Labute approximate surface area is 107 Å². The molecule has 0 radical (unpaired) electrons. The molecule has 0 unspecified atom stereocenters. The standard InChI is InChI=1S/C13H19N3O2/c1-15-6-7-18-12-3-5-16(9-11(12)15)13(17)10-2-4-14-8-10/h2,4,8,11-12,14H,3,5-7,9H2,1H3/t11-,12-/m0/s1. The molecule has 2 atom stereocenters. The molecule has 2 aliphatic heterocycles. The number of likely N-dealkylation sites (N-methyl/N-ethyl adjacent to an activating group) is 1. The molecule has 98 valence electrons. The number of nitrogens with zero attached hydrogens (tertiary/aromatic N) is 2. The van der Waals surface area contributed by atoms with Crippen molar-refractivity contribution in [2.45, 2.75) is 18.6 Å². The Kier molecular flexibility index (Phi) is 3.09. The van der Waals surface area contributed by atoms with Gasteiger partial charge in [0.1, 0.15) is 0 Å². The minimum atomic E-state index is 0.119. The van der Waals surface area contributed by atoms with Crippen LogP contribution < -0.4 is 0 Å². The van der Waals surface area contributed by atoms with E-state index in [1.54, 1.807) is 12.4 Å². The zero-order valence-corrected chi connectivity index (χ0v) is 10.6. The lowest BCUT2D eigenvalue weighted by Gasteiger charge is -2.45. The number of aromatic amines is 1. The van der Waals surface area contributed by atoms with Gasteiger partial charge in [0.2, 0.25) is 0 Å². The van der Waals surface area contributed by atoms with Crippen LogP contribution in [0.3, 0.4) is 0 Å². The van der Waals surface area contributed by atoms with Crippen LogP contribution in [0, 0.1) is 0 Å². The summed E-state index contributed by atoms with van der Waals surface area (Å²) in [5.74, 6) is 0.119. The molecule has 2 saturated heterocycles. The van der Waals surface area contributed by atoms with Gasteiger partial charge < -0.3 is 14.6 Å². The van der Waals surface area contributed by atoms with Crippen molar-refractivity contribution in [2.75, 3.05) is 33.3 Å². The van der Waals surface area contributed by atoms with Crippen LogP contribution in [0.2, 0.25) is 0 Å². The molecule has 1 aromatic heterocycles. The minimum Gasteiger partial charge on any atom is -0.375 e. The summed E-state index contributed by atoms with van der Waals surface area (Å²) in [6.45, 7) is 3.32. The summed E-state index contributed by atoms with van der Waals surface area (Å²) >= 11 is 0. The van der Waals surface area contributed by atoms with Crippen LogP contribution >= 0.6 is 0 Å². The number of nitrogens with one attached hydrogen (secondary N) is 1. The van der Waals surface area contributed by atoms with Crippen molar-refractivity contribution in [1.29, 1.82) is 0 Å². The Morgan fingerprint density at radius 3 is 3.17 bits per heavy atom. The van der Waals surface area contributed by atoms with Crippen molar-refractivity contribution in [3.05, 3.63) is 24.0 Å². The van der Waals surface area contributed by atoms with Crippen molar-refractivity contribution in [3.63, 3.8) is 0 Å². The Bertz CT molecular complexity index is 418. The lowest BCUT2D eigenvalue weighted by Crippen LogP contribution is -2.59. The Morgan fingerprint density at radius 2 is 2.39 bits per heavy atom. The van der Waals surface area contributed by atoms with Gasteiger partial charge >= 0.3 is 0 Å². The van der Waals surface area contributed by atoms with Gasteiger partial charge in [-0.3, -0.25) is 9.69 Å². The summed E-state index contributed by atoms with van der Waals surface area (Å²) in [5, 5.41) is 0. The molecular formula is C13H19N3O2. The first kappa shape index (κ1) is 11.7. The molecule has 1 aromatic rings. The largest absolute Gasteiger partial charge is 0.375 e. The molecular weight excluding hydrogens is 230 g/mol. The summed E-state index contributed by atoms with van der Waals surface area (Å²) in [5.41, 5.74) is 0.743. The Balaban J connectivity index is 1.71. The molecule has 5 heteroatoms. The molecule has 0 saturated carbocycles. The zero-order chi connectivity index (χ0) is 12.5. The second-order valence-corrected chi connectivity index (χ2v) is 5.10. The summed E-state index contributed by atoms with van der Waals surface area (Å²) < 4.78 is 5.79. The highest BCUT2D eigenvalue weighted by Gasteiger charge is 2.36. The molecule has 0 aromatic carbocycles. The van der Waals surface area contributed by atoms with E-state index in [0.717, 1.165) is 38.2 Å². The van der Waals surface area contributed by atoms with Crippen LogP contribution in [-0.2, 0) is 4.74 Å². The van der Waals surface area contributed by atoms with Gasteiger partial charge in [0.05, 0.1) is 24.3 Å². The fourth-order valence-electron chi connectivity index (χ4n) is 2.87. The van der Waals surface area contributed by atoms with E-state index in [2.05, 4.69) is 16.9 Å². The van der Waals surface area contributed by atoms with Crippen LogP contribution in [0.15, 0.2) is 18.5 Å². The Morgan fingerprint density at radius 1 is 1.50 bits per heavy atom. The molecule has 1 N–H and O–H groups in total. The van der Waals surface area contributed by atoms with Gasteiger partial charge in [-0.25, -0.2) is 0 Å². The van der Waals surface area contributed by atoms with Crippen molar-refractivity contribution < 1.29 is 9.53 Å². The van der Waals surface area contributed by atoms with Crippen LogP contribution in [0.5, 0.6) is 0 Å².